The van der Waals surface area contributed by atoms with E-state index in [4.69, 9.17) is 9.73 Å². The Morgan fingerprint density at radius 2 is 1.93 bits per heavy atom. The van der Waals surface area contributed by atoms with Gasteiger partial charge in [0.05, 0.1) is 19.8 Å². The summed E-state index contributed by atoms with van der Waals surface area (Å²) in [5.41, 5.74) is 1.22. The molecular weight excluding hydrogens is 479 g/mol. The van der Waals surface area contributed by atoms with Gasteiger partial charge in [-0.3, -0.25) is 9.79 Å². The van der Waals surface area contributed by atoms with Gasteiger partial charge >= 0.3 is 0 Å². The standard InChI is InChI=1S/C22H34N4O2.HI/c1-2-23-22(24-12-10-21(27)25-13-6-7-14-25)26-15-11-20(16-26)18-28-17-19-8-4-3-5-9-19;/h3-5,8-9,20H,2,6-7,10-18H2,1H3,(H,23,24);1H. The second-order valence-corrected chi connectivity index (χ2v) is 7.67. The number of hydrogen-bond acceptors (Lipinski definition) is 3. The van der Waals surface area contributed by atoms with Crippen LogP contribution in [-0.2, 0) is 16.1 Å². The Labute approximate surface area is 192 Å². The Kier molecular flexibility index (Phi) is 10.8. The first-order chi connectivity index (χ1) is 13.8. The topological polar surface area (TPSA) is 57.2 Å². The molecule has 2 saturated heterocycles. The number of nitrogens with zero attached hydrogens (tertiary/aromatic N) is 3. The predicted molar refractivity (Wildman–Crippen MR) is 128 cm³/mol. The number of carbonyl (C=O) groups is 1. The highest BCUT2D eigenvalue weighted by Crippen LogP contribution is 2.17. The molecule has 1 atom stereocenters. The van der Waals surface area contributed by atoms with Gasteiger partial charge in [-0.25, -0.2) is 0 Å². The summed E-state index contributed by atoms with van der Waals surface area (Å²) in [6, 6.07) is 10.3. The number of rotatable bonds is 8. The molecule has 2 aliphatic heterocycles. The van der Waals surface area contributed by atoms with Crippen molar-refractivity contribution in [1.29, 1.82) is 0 Å². The number of ether oxygens (including phenoxy) is 1. The Balaban J connectivity index is 0.00000300. The molecule has 1 aromatic rings. The number of aliphatic imine (C=N–C) groups is 1. The summed E-state index contributed by atoms with van der Waals surface area (Å²) in [6.45, 7) is 8.71. The molecule has 0 saturated carbocycles. The summed E-state index contributed by atoms with van der Waals surface area (Å²) in [6.07, 6.45) is 3.90. The van der Waals surface area contributed by atoms with Crippen LogP contribution in [0.1, 0.15) is 38.2 Å². The van der Waals surface area contributed by atoms with Gasteiger partial charge in [-0.05, 0) is 31.7 Å². The van der Waals surface area contributed by atoms with Crippen molar-refractivity contribution in [2.75, 3.05) is 45.9 Å². The van der Waals surface area contributed by atoms with E-state index in [1.807, 2.05) is 23.1 Å². The molecular formula is C22H35IN4O2. The Hall–Kier alpha value is -1.35. The lowest BCUT2D eigenvalue weighted by atomic mass is 10.1. The van der Waals surface area contributed by atoms with Crippen molar-refractivity contribution < 1.29 is 9.53 Å². The zero-order chi connectivity index (χ0) is 19.6. The van der Waals surface area contributed by atoms with Crippen molar-refractivity contribution in [3.8, 4) is 0 Å². The van der Waals surface area contributed by atoms with Crippen LogP contribution in [0.3, 0.4) is 0 Å². The third-order valence-corrected chi connectivity index (χ3v) is 5.43. The lowest BCUT2D eigenvalue weighted by Gasteiger charge is -2.22. The summed E-state index contributed by atoms with van der Waals surface area (Å²) in [5, 5.41) is 3.38. The summed E-state index contributed by atoms with van der Waals surface area (Å²) in [5.74, 6) is 1.70. The normalized spacial score (nSPS) is 19.3. The first-order valence-electron chi connectivity index (χ1n) is 10.7. The zero-order valence-electron chi connectivity index (χ0n) is 17.5. The van der Waals surface area contributed by atoms with Gasteiger partial charge in [0.15, 0.2) is 5.96 Å². The number of guanidine groups is 1. The molecule has 0 radical (unpaired) electrons. The molecule has 3 rings (SSSR count). The fraction of sp³-hybridized carbons (Fsp3) is 0.636. The van der Waals surface area contributed by atoms with E-state index in [0.717, 1.165) is 64.6 Å². The average molecular weight is 514 g/mol. The van der Waals surface area contributed by atoms with Crippen LogP contribution in [0.2, 0.25) is 0 Å². The maximum absolute atomic E-state index is 12.2. The predicted octanol–water partition coefficient (Wildman–Crippen LogP) is 3.12. The number of nitrogens with one attached hydrogen (secondary N) is 1. The Bertz CT molecular complexity index is 635. The Morgan fingerprint density at radius 1 is 1.17 bits per heavy atom. The molecule has 1 unspecified atom stereocenters. The molecule has 29 heavy (non-hydrogen) atoms. The molecule has 0 spiro atoms. The van der Waals surface area contributed by atoms with E-state index in [0.29, 0.717) is 25.5 Å². The highest BCUT2D eigenvalue weighted by Gasteiger charge is 2.25. The van der Waals surface area contributed by atoms with Crippen molar-refractivity contribution in [2.24, 2.45) is 10.9 Å². The van der Waals surface area contributed by atoms with E-state index in [9.17, 15) is 4.79 Å². The number of carbonyl (C=O) groups excluding carboxylic acids is 1. The third kappa shape index (κ3) is 7.77. The van der Waals surface area contributed by atoms with Crippen LogP contribution in [0, 0.1) is 5.92 Å². The van der Waals surface area contributed by atoms with Gasteiger partial charge in [0.1, 0.15) is 0 Å². The van der Waals surface area contributed by atoms with Crippen molar-refractivity contribution in [3.05, 3.63) is 35.9 Å². The van der Waals surface area contributed by atoms with Gasteiger partial charge in [0.2, 0.25) is 5.91 Å². The average Bonchev–Trinajstić information content (AvgIpc) is 3.40. The fourth-order valence-electron chi connectivity index (χ4n) is 3.89. The van der Waals surface area contributed by atoms with Crippen molar-refractivity contribution in [1.82, 2.24) is 15.1 Å². The summed E-state index contributed by atoms with van der Waals surface area (Å²) in [7, 11) is 0. The summed E-state index contributed by atoms with van der Waals surface area (Å²) in [4.78, 5) is 21.2. The SMILES string of the molecule is CCNC(=NCCC(=O)N1CCCC1)N1CCC(COCc2ccccc2)C1.I. The molecule has 0 aromatic heterocycles. The van der Waals surface area contributed by atoms with Gasteiger partial charge < -0.3 is 19.9 Å². The number of likely N-dealkylation sites (tertiary alicyclic amines) is 2. The van der Waals surface area contributed by atoms with E-state index in [2.05, 4.69) is 29.3 Å². The van der Waals surface area contributed by atoms with Crippen LogP contribution in [-0.4, -0.2) is 67.5 Å². The largest absolute Gasteiger partial charge is 0.376 e. The van der Waals surface area contributed by atoms with Gasteiger partial charge in [0.25, 0.3) is 0 Å². The highest BCUT2D eigenvalue weighted by atomic mass is 127. The van der Waals surface area contributed by atoms with Crippen LogP contribution in [0.4, 0.5) is 0 Å². The lowest BCUT2D eigenvalue weighted by molar-refractivity contribution is -0.129. The van der Waals surface area contributed by atoms with E-state index >= 15 is 0 Å². The molecule has 2 heterocycles. The van der Waals surface area contributed by atoms with Gasteiger partial charge in [0, 0.05) is 45.1 Å². The molecule has 0 aliphatic carbocycles. The molecule has 7 heteroatoms. The molecule has 162 valence electrons. The Morgan fingerprint density at radius 3 is 2.66 bits per heavy atom. The minimum atomic E-state index is 0. The van der Waals surface area contributed by atoms with E-state index in [1.54, 1.807) is 0 Å². The smallest absolute Gasteiger partial charge is 0.224 e. The molecule has 2 aliphatic rings. The molecule has 6 nitrogen and oxygen atoms in total. The fourth-order valence-corrected chi connectivity index (χ4v) is 3.89. The number of hydrogen-bond donors (Lipinski definition) is 1. The molecule has 0 bridgehead atoms. The number of benzene rings is 1. The number of halogens is 1. The minimum absolute atomic E-state index is 0. The van der Waals surface area contributed by atoms with Gasteiger partial charge in [-0.15, -0.1) is 24.0 Å². The lowest BCUT2D eigenvalue weighted by Crippen LogP contribution is -2.40. The van der Waals surface area contributed by atoms with Crippen LogP contribution >= 0.6 is 24.0 Å². The third-order valence-electron chi connectivity index (χ3n) is 5.43. The second-order valence-electron chi connectivity index (χ2n) is 7.67. The van der Waals surface area contributed by atoms with Crippen molar-refractivity contribution >= 4 is 35.8 Å². The van der Waals surface area contributed by atoms with Crippen LogP contribution in [0.15, 0.2) is 35.3 Å². The second kappa shape index (κ2) is 13.1. The van der Waals surface area contributed by atoms with Gasteiger partial charge in [-0.2, -0.15) is 0 Å². The summed E-state index contributed by atoms with van der Waals surface area (Å²) >= 11 is 0. The monoisotopic (exact) mass is 514 g/mol. The quantitative estimate of drug-likeness (QED) is 0.329. The summed E-state index contributed by atoms with van der Waals surface area (Å²) < 4.78 is 5.92. The van der Waals surface area contributed by atoms with E-state index < -0.39 is 0 Å². The number of amides is 1. The van der Waals surface area contributed by atoms with Crippen molar-refractivity contribution in [3.63, 3.8) is 0 Å². The minimum Gasteiger partial charge on any atom is -0.376 e. The van der Waals surface area contributed by atoms with Crippen LogP contribution in [0.5, 0.6) is 0 Å². The first-order valence-corrected chi connectivity index (χ1v) is 10.7. The molecule has 1 amide bonds. The zero-order valence-corrected chi connectivity index (χ0v) is 19.8. The highest BCUT2D eigenvalue weighted by molar-refractivity contribution is 14.0. The maximum Gasteiger partial charge on any atom is 0.224 e. The molecule has 2 fully saturated rings. The van der Waals surface area contributed by atoms with Crippen molar-refractivity contribution in [2.45, 2.75) is 39.2 Å². The van der Waals surface area contributed by atoms with E-state index in [1.165, 1.54) is 5.56 Å². The van der Waals surface area contributed by atoms with Gasteiger partial charge in [-0.1, -0.05) is 30.3 Å². The van der Waals surface area contributed by atoms with Crippen LogP contribution in [0.25, 0.3) is 0 Å². The maximum atomic E-state index is 12.2. The molecule has 1 aromatic carbocycles. The van der Waals surface area contributed by atoms with Crippen LogP contribution < -0.4 is 5.32 Å². The van der Waals surface area contributed by atoms with E-state index in [-0.39, 0.29) is 29.9 Å². The first kappa shape index (κ1) is 23.9. The molecule has 1 N–H and O–H groups in total.